The molecule has 0 saturated heterocycles. The summed E-state index contributed by atoms with van der Waals surface area (Å²) in [4.78, 5) is 0.312. The highest BCUT2D eigenvalue weighted by Gasteiger charge is 2.26. The summed E-state index contributed by atoms with van der Waals surface area (Å²) in [6.07, 6.45) is 0.723. The molecule has 0 fully saturated rings. The van der Waals surface area contributed by atoms with Crippen LogP contribution in [0, 0.1) is 13.8 Å². The van der Waals surface area contributed by atoms with Crippen LogP contribution in [0.3, 0.4) is 0 Å². The van der Waals surface area contributed by atoms with Crippen LogP contribution < -0.4 is 9.46 Å². The summed E-state index contributed by atoms with van der Waals surface area (Å²) < 4.78 is 32.8. The molecule has 0 heterocycles. The van der Waals surface area contributed by atoms with E-state index < -0.39 is 15.6 Å². The molecular weight excluding hydrogens is 262 g/mol. The molecule has 0 unspecified atom stereocenters. The van der Waals surface area contributed by atoms with Gasteiger partial charge in [-0.1, -0.05) is 6.92 Å². The lowest BCUT2D eigenvalue weighted by Gasteiger charge is -2.25. The Bertz CT molecular complexity index is 562. The van der Waals surface area contributed by atoms with Crippen LogP contribution in [-0.2, 0) is 10.0 Å². The smallest absolute Gasteiger partial charge is 0.241 e. The van der Waals surface area contributed by atoms with Gasteiger partial charge >= 0.3 is 0 Å². The molecule has 0 bridgehead atoms. The highest BCUT2D eigenvalue weighted by atomic mass is 32.2. The molecule has 0 aliphatic carbocycles. The van der Waals surface area contributed by atoms with E-state index in [4.69, 9.17) is 4.74 Å². The standard InChI is InChI=1S/C14H23NO3S/c1-7-14(4,5)15-19(16,17)13-9-8-12(18-6)10(2)11(13)3/h8-9,15H,7H2,1-6H3. The van der Waals surface area contributed by atoms with Crippen LogP contribution in [-0.4, -0.2) is 21.1 Å². The molecule has 19 heavy (non-hydrogen) atoms. The predicted molar refractivity (Wildman–Crippen MR) is 77.2 cm³/mol. The van der Waals surface area contributed by atoms with E-state index in [0.29, 0.717) is 10.6 Å². The van der Waals surface area contributed by atoms with Gasteiger partial charge < -0.3 is 4.74 Å². The van der Waals surface area contributed by atoms with E-state index in [1.807, 2.05) is 27.7 Å². The van der Waals surface area contributed by atoms with Crippen molar-refractivity contribution in [2.24, 2.45) is 0 Å². The Morgan fingerprint density at radius 2 is 1.79 bits per heavy atom. The third kappa shape index (κ3) is 3.48. The molecule has 1 aromatic carbocycles. The van der Waals surface area contributed by atoms with Crippen LogP contribution in [0.4, 0.5) is 0 Å². The molecule has 0 spiro atoms. The average molecular weight is 285 g/mol. The van der Waals surface area contributed by atoms with Crippen molar-refractivity contribution in [3.05, 3.63) is 23.3 Å². The van der Waals surface area contributed by atoms with Gasteiger partial charge in [-0.3, -0.25) is 0 Å². The van der Waals surface area contributed by atoms with Crippen LogP contribution in [0.1, 0.15) is 38.3 Å². The topological polar surface area (TPSA) is 55.4 Å². The number of ether oxygens (including phenoxy) is 1. The van der Waals surface area contributed by atoms with Crippen molar-refractivity contribution < 1.29 is 13.2 Å². The first kappa shape index (κ1) is 16.0. The van der Waals surface area contributed by atoms with Gasteiger partial charge in [0.1, 0.15) is 5.75 Å². The Morgan fingerprint density at radius 1 is 1.21 bits per heavy atom. The summed E-state index contributed by atoms with van der Waals surface area (Å²) >= 11 is 0. The summed E-state index contributed by atoms with van der Waals surface area (Å²) in [6, 6.07) is 3.28. The first-order valence-corrected chi connectivity index (χ1v) is 7.81. The molecule has 4 nitrogen and oxygen atoms in total. The lowest BCUT2D eigenvalue weighted by molar-refractivity contribution is 0.410. The summed E-state index contributed by atoms with van der Waals surface area (Å²) in [5.74, 6) is 0.700. The van der Waals surface area contributed by atoms with Gasteiger partial charge in [-0.05, 0) is 57.4 Å². The summed E-state index contributed by atoms with van der Waals surface area (Å²) in [6.45, 7) is 9.35. The van der Waals surface area contributed by atoms with E-state index in [2.05, 4.69) is 4.72 Å². The van der Waals surface area contributed by atoms with Gasteiger partial charge in [0, 0.05) is 5.54 Å². The molecule has 1 aromatic rings. The Kier molecular flexibility index (Phi) is 4.63. The van der Waals surface area contributed by atoms with Crippen molar-refractivity contribution in [1.29, 1.82) is 0 Å². The van der Waals surface area contributed by atoms with Crippen LogP contribution in [0.2, 0.25) is 0 Å². The van der Waals surface area contributed by atoms with Crippen molar-refractivity contribution >= 4 is 10.0 Å². The van der Waals surface area contributed by atoms with Gasteiger partial charge in [-0.25, -0.2) is 13.1 Å². The minimum Gasteiger partial charge on any atom is -0.496 e. The normalized spacial score (nSPS) is 12.5. The van der Waals surface area contributed by atoms with E-state index >= 15 is 0 Å². The maximum Gasteiger partial charge on any atom is 0.241 e. The van der Waals surface area contributed by atoms with Gasteiger partial charge in [0.05, 0.1) is 12.0 Å². The van der Waals surface area contributed by atoms with Gasteiger partial charge in [0.15, 0.2) is 0 Å². The lowest BCUT2D eigenvalue weighted by Crippen LogP contribution is -2.42. The Labute approximate surface area is 116 Å². The molecule has 0 aromatic heterocycles. The van der Waals surface area contributed by atoms with Crippen molar-refractivity contribution in [2.45, 2.75) is 51.5 Å². The van der Waals surface area contributed by atoms with Crippen molar-refractivity contribution in [1.82, 2.24) is 4.72 Å². The molecule has 108 valence electrons. The zero-order chi connectivity index (χ0) is 14.8. The molecule has 0 atom stereocenters. The Balaban J connectivity index is 3.27. The SMILES string of the molecule is CCC(C)(C)NS(=O)(=O)c1ccc(OC)c(C)c1C. The quantitative estimate of drug-likeness (QED) is 0.905. The second kappa shape index (κ2) is 5.51. The first-order valence-electron chi connectivity index (χ1n) is 6.33. The van der Waals surface area contributed by atoms with E-state index in [1.165, 1.54) is 0 Å². The van der Waals surface area contributed by atoms with E-state index in [-0.39, 0.29) is 0 Å². The van der Waals surface area contributed by atoms with Crippen LogP contribution in [0.25, 0.3) is 0 Å². The third-order valence-corrected chi connectivity index (χ3v) is 5.33. The minimum atomic E-state index is -3.51. The molecule has 1 N–H and O–H groups in total. The molecule has 0 saturated carbocycles. The monoisotopic (exact) mass is 285 g/mol. The fourth-order valence-electron chi connectivity index (χ4n) is 1.77. The summed E-state index contributed by atoms with van der Waals surface area (Å²) in [5.41, 5.74) is 1.11. The maximum absolute atomic E-state index is 12.4. The van der Waals surface area contributed by atoms with E-state index in [0.717, 1.165) is 17.5 Å². The van der Waals surface area contributed by atoms with Crippen LogP contribution in [0.5, 0.6) is 5.75 Å². The largest absolute Gasteiger partial charge is 0.496 e. The fourth-order valence-corrected chi connectivity index (χ4v) is 3.56. The predicted octanol–water partition coefficient (Wildman–Crippen LogP) is 2.78. The van der Waals surface area contributed by atoms with Gasteiger partial charge in [0.2, 0.25) is 10.0 Å². The fraction of sp³-hybridized carbons (Fsp3) is 0.571. The van der Waals surface area contributed by atoms with E-state index in [1.54, 1.807) is 26.2 Å². The van der Waals surface area contributed by atoms with Gasteiger partial charge in [0.25, 0.3) is 0 Å². The summed E-state index contributed by atoms with van der Waals surface area (Å²) in [5, 5.41) is 0. The van der Waals surface area contributed by atoms with Gasteiger partial charge in [-0.2, -0.15) is 0 Å². The van der Waals surface area contributed by atoms with Crippen LogP contribution >= 0.6 is 0 Å². The van der Waals surface area contributed by atoms with Crippen molar-refractivity contribution in [3.8, 4) is 5.75 Å². The number of rotatable bonds is 5. The maximum atomic E-state index is 12.4. The minimum absolute atomic E-state index is 0.312. The highest BCUT2D eigenvalue weighted by molar-refractivity contribution is 7.89. The number of nitrogens with one attached hydrogen (secondary N) is 1. The second-order valence-electron chi connectivity index (χ2n) is 5.36. The molecule has 5 heteroatoms. The second-order valence-corrected chi connectivity index (χ2v) is 7.01. The molecule has 0 amide bonds. The highest BCUT2D eigenvalue weighted by Crippen LogP contribution is 2.27. The number of methoxy groups -OCH3 is 1. The molecule has 0 aliphatic heterocycles. The van der Waals surface area contributed by atoms with Crippen molar-refractivity contribution in [2.75, 3.05) is 7.11 Å². The summed E-state index contributed by atoms with van der Waals surface area (Å²) in [7, 11) is -1.94. The van der Waals surface area contributed by atoms with Gasteiger partial charge in [-0.15, -0.1) is 0 Å². The molecular formula is C14H23NO3S. The number of hydrogen-bond acceptors (Lipinski definition) is 3. The number of sulfonamides is 1. The molecule has 0 radical (unpaired) electrons. The van der Waals surface area contributed by atoms with Crippen molar-refractivity contribution in [3.63, 3.8) is 0 Å². The Hall–Kier alpha value is -1.07. The zero-order valence-electron chi connectivity index (χ0n) is 12.5. The first-order chi connectivity index (χ1) is 8.64. The lowest BCUT2D eigenvalue weighted by atomic mass is 10.0. The molecule has 0 aliphatic rings. The average Bonchev–Trinajstić information content (AvgIpc) is 2.31. The molecule has 1 rings (SSSR count). The van der Waals surface area contributed by atoms with Crippen LogP contribution in [0.15, 0.2) is 17.0 Å². The van der Waals surface area contributed by atoms with E-state index in [9.17, 15) is 8.42 Å². The number of benzene rings is 1. The third-order valence-electron chi connectivity index (χ3n) is 3.49. The number of hydrogen-bond donors (Lipinski definition) is 1. The Morgan fingerprint density at radius 3 is 2.26 bits per heavy atom. The zero-order valence-corrected chi connectivity index (χ0v) is 13.3.